The lowest BCUT2D eigenvalue weighted by Crippen LogP contribution is -2.50. The van der Waals surface area contributed by atoms with Gasteiger partial charge >= 0.3 is 0 Å². The fourth-order valence-corrected chi connectivity index (χ4v) is 2.59. The molecule has 0 bridgehead atoms. The minimum Gasteiger partial charge on any atom is -0.399 e. The van der Waals surface area contributed by atoms with Crippen LogP contribution in [0, 0.1) is 0 Å². The van der Waals surface area contributed by atoms with Gasteiger partial charge in [-0.1, -0.05) is 13.8 Å². The van der Waals surface area contributed by atoms with Crippen LogP contribution in [0.5, 0.6) is 0 Å². The molecule has 0 heterocycles. The first-order valence-electron chi connectivity index (χ1n) is 8.32. The number of aliphatic hydroxyl groups excluding tert-OH is 5. The molecule has 0 radical (unpaired) electrons. The zero-order valence-corrected chi connectivity index (χ0v) is 14.3. The number of aryl methyl sites for hydroxylation is 1. The molecule has 7 N–H and O–H groups in total. The van der Waals surface area contributed by atoms with Crippen LogP contribution >= 0.6 is 0 Å². The molecule has 1 aromatic rings. The molecule has 0 spiro atoms. The fraction of sp³-hybridized carbons (Fsp3) is 0.647. The monoisotopic (exact) mass is 342 g/mol. The number of rotatable bonds is 10. The van der Waals surface area contributed by atoms with E-state index in [9.17, 15) is 20.4 Å². The lowest BCUT2D eigenvalue weighted by atomic mass is 10.0. The van der Waals surface area contributed by atoms with Crippen molar-refractivity contribution in [1.82, 2.24) is 0 Å². The Morgan fingerprint density at radius 2 is 1.67 bits per heavy atom. The van der Waals surface area contributed by atoms with Gasteiger partial charge in [-0.05, 0) is 36.6 Å². The summed E-state index contributed by atoms with van der Waals surface area (Å²) in [6.07, 6.45) is -4.35. The summed E-state index contributed by atoms with van der Waals surface area (Å²) in [7, 11) is 0. The van der Waals surface area contributed by atoms with Crippen molar-refractivity contribution in [2.24, 2.45) is 0 Å². The van der Waals surface area contributed by atoms with Gasteiger partial charge in [0.25, 0.3) is 0 Å². The van der Waals surface area contributed by atoms with Crippen molar-refractivity contribution in [2.45, 2.75) is 51.1 Å². The Balaban J connectivity index is 2.89. The summed E-state index contributed by atoms with van der Waals surface area (Å²) in [5.74, 6) is 0. The van der Waals surface area contributed by atoms with Crippen LogP contribution < -0.4 is 10.6 Å². The molecule has 138 valence electrons. The van der Waals surface area contributed by atoms with Crippen molar-refractivity contribution in [2.75, 3.05) is 30.3 Å². The molecule has 0 aromatic heterocycles. The van der Waals surface area contributed by atoms with Gasteiger partial charge in [0.15, 0.2) is 0 Å². The number of hydrogen-bond donors (Lipinski definition) is 6. The normalized spacial score (nSPS) is 16.5. The Bertz CT molecular complexity index is 500. The van der Waals surface area contributed by atoms with E-state index in [1.165, 1.54) is 0 Å². The van der Waals surface area contributed by atoms with E-state index in [0.29, 0.717) is 12.2 Å². The highest BCUT2D eigenvalue weighted by Gasteiger charge is 2.31. The van der Waals surface area contributed by atoms with Crippen molar-refractivity contribution < 1.29 is 25.5 Å². The number of aliphatic hydroxyl groups is 5. The second-order valence-corrected chi connectivity index (χ2v) is 5.98. The lowest BCUT2D eigenvalue weighted by Gasteiger charge is -2.32. The van der Waals surface area contributed by atoms with E-state index < -0.39 is 31.0 Å². The number of nitrogens with two attached hydrogens (primary N) is 1. The van der Waals surface area contributed by atoms with Crippen LogP contribution in [0.3, 0.4) is 0 Å². The summed E-state index contributed by atoms with van der Waals surface area (Å²) in [4.78, 5) is 1.89. The average molecular weight is 342 g/mol. The molecule has 0 amide bonds. The Morgan fingerprint density at radius 1 is 1.04 bits per heavy atom. The highest BCUT2D eigenvalue weighted by molar-refractivity contribution is 5.58. The van der Waals surface area contributed by atoms with Crippen molar-refractivity contribution in [3.63, 3.8) is 0 Å². The number of nitrogens with zero attached hydrogens (tertiary/aromatic N) is 1. The van der Waals surface area contributed by atoms with E-state index in [-0.39, 0.29) is 6.54 Å². The molecule has 4 unspecified atom stereocenters. The Kier molecular flexibility index (Phi) is 8.44. The Labute approximate surface area is 143 Å². The predicted molar refractivity (Wildman–Crippen MR) is 93.8 cm³/mol. The van der Waals surface area contributed by atoms with Crippen LogP contribution in [0.25, 0.3) is 0 Å². The Morgan fingerprint density at radius 3 is 2.21 bits per heavy atom. The second kappa shape index (κ2) is 9.80. The summed E-state index contributed by atoms with van der Waals surface area (Å²) >= 11 is 0. The zero-order chi connectivity index (χ0) is 18.3. The third-order valence-electron chi connectivity index (χ3n) is 4.10. The fourth-order valence-electron chi connectivity index (χ4n) is 2.59. The van der Waals surface area contributed by atoms with Gasteiger partial charge in [0.2, 0.25) is 0 Å². The first-order chi connectivity index (χ1) is 11.3. The van der Waals surface area contributed by atoms with Gasteiger partial charge in [0.1, 0.15) is 18.3 Å². The minimum atomic E-state index is -1.62. The van der Waals surface area contributed by atoms with Crippen LogP contribution in [0.15, 0.2) is 18.2 Å². The molecule has 7 nitrogen and oxygen atoms in total. The van der Waals surface area contributed by atoms with Crippen LogP contribution in [0.4, 0.5) is 11.4 Å². The highest BCUT2D eigenvalue weighted by atomic mass is 16.4. The minimum absolute atomic E-state index is 0.0806. The molecule has 7 heteroatoms. The van der Waals surface area contributed by atoms with Crippen molar-refractivity contribution in [3.05, 3.63) is 23.8 Å². The van der Waals surface area contributed by atoms with Gasteiger partial charge in [-0.3, -0.25) is 0 Å². The number of nitrogen functional groups attached to an aromatic ring is 1. The highest BCUT2D eigenvalue weighted by Crippen LogP contribution is 2.23. The summed E-state index contributed by atoms with van der Waals surface area (Å²) in [6, 6.07) is 5.61. The molecule has 24 heavy (non-hydrogen) atoms. The third kappa shape index (κ3) is 5.32. The average Bonchev–Trinajstić information content (AvgIpc) is 2.59. The van der Waals surface area contributed by atoms with Crippen molar-refractivity contribution in [1.29, 1.82) is 0 Å². The number of hydrogen-bond acceptors (Lipinski definition) is 7. The van der Waals surface area contributed by atoms with Gasteiger partial charge in [-0.2, -0.15) is 0 Å². The molecule has 1 aromatic carbocycles. The summed E-state index contributed by atoms with van der Waals surface area (Å²) in [5, 5.41) is 48.2. The maximum absolute atomic E-state index is 10.2. The molecular weight excluding hydrogens is 312 g/mol. The largest absolute Gasteiger partial charge is 0.399 e. The van der Waals surface area contributed by atoms with E-state index in [0.717, 1.165) is 24.1 Å². The first-order valence-corrected chi connectivity index (χ1v) is 8.32. The smallest absolute Gasteiger partial charge is 0.111 e. The molecule has 1 rings (SSSR count). The van der Waals surface area contributed by atoms with Crippen molar-refractivity contribution in [3.8, 4) is 0 Å². The quantitative estimate of drug-likeness (QED) is 0.316. The first kappa shape index (κ1) is 20.7. The molecule has 0 saturated heterocycles. The van der Waals surface area contributed by atoms with E-state index in [1.54, 1.807) is 0 Å². The topological polar surface area (TPSA) is 130 Å². The van der Waals surface area contributed by atoms with Crippen LogP contribution in [-0.4, -0.2) is 69.6 Å². The van der Waals surface area contributed by atoms with Gasteiger partial charge in [0.05, 0.1) is 12.7 Å². The van der Waals surface area contributed by atoms with Gasteiger partial charge in [-0.15, -0.1) is 0 Å². The van der Waals surface area contributed by atoms with E-state index in [2.05, 4.69) is 0 Å². The van der Waals surface area contributed by atoms with E-state index in [1.807, 2.05) is 36.9 Å². The van der Waals surface area contributed by atoms with Crippen LogP contribution in [0.2, 0.25) is 0 Å². The maximum atomic E-state index is 10.2. The van der Waals surface area contributed by atoms with Crippen LogP contribution in [-0.2, 0) is 6.42 Å². The van der Waals surface area contributed by atoms with Crippen LogP contribution in [0.1, 0.15) is 25.8 Å². The van der Waals surface area contributed by atoms with Gasteiger partial charge in [-0.25, -0.2) is 0 Å². The molecule has 4 atom stereocenters. The maximum Gasteiger partial charge on any atom is 0.111 e. The summed E-state index contributed by atoms with van der Waals surface area (Å²) < 4.78 is 0. The zero-order valence-electron chi connectivity index (χ0n) is 14.3. The summed E-state index contributed by atoms with van der Waals surface area (Å²) in [5.41, 5.74) is 8.49. The second-order valence-electron chi connectivity index (χ2n) is 5.98. The standard InChI is InChI=1S/C17H30N2O5/c1-3-7-19(12-5-6-13(18)11(4-2)8-12)9-14(21)16(23)17(24)15(22)10-20/h5-6,8,14-17,20-24H,3-4,7,9-10,18H2,1-2H3. The predicted octanol–water partition coefficient (Wildman–Crippen LogP) is -0.517. The molecule has 0 aliphatic heterocycles. The number of anilines is 2. The molecule has 0 aliphatic carbocycles. The van der Waals surface area contributed by atoms with Gasteiger partial charge < -0.3 is 36.2 Å². The number of benzene rings is 1. The van der Waals surface area contributed by atoms with Gasteiger partial charge in [0, 0.05) is 24.5 Å². The summed E-state index contributed by atoms with van der Waals surface area (Å²) in [6.45, 7) is 4.04. The molecule has 0 aliphatic rings. The van der Waals surface area contributed by atoms with E-state index >= 15 is 0 Å². The molecular formula is C17H30N2O5. The third-order valence-corrected chi connectivity index (χ3v) is 4.10. The SMILES string of the molecule is CCCN(CC(O)C(O)C(O)C(O)CO)c1ccc(N)c(CC)c1. The molecule has 0 saturated carbocycles. The van der Waals surface area contributed by atoms with Crippen molar-refractivity contribution >= 4 is 11.4 Å². The molecule has 0 fully saturated rings. The lowest BCUT2D eigenvalue weighted by molar-refractivity contribution is -0.112. The Hall–Kier alpha value is -1.38. The van der Waals surface area contributed by atoms with E-state index in [4.69, 9.17) is 10.8 Å².